The molecule has 1 amide bonds. The van der Waals surface area contributed by atoms with Crippen LogP contribution < -0.4 is 15.4 Å². The van der Waals surface area contributed by atoms with Gasteiger partial charge in [-0.3, -0.25) is 4.79 Å². The van der Waals surface area contributed by atoms with Crippen molar-refractivity contribution in [1.29, 1.82) is 0 Å². The van der Waals surface area contributed by atoms with E-state index in [4.69, 9.17) is 4.74 Å². The fourth-order valence-corrected chi connectivity index (χ4v) is 2.18. The summed E-state index contributed by atoms with van der Waals surface area (Å²) in [5.41, 5.74) is 1.22. The molecule has 1 unspecified atom stereocenters. The molecule has 0 saturated carbocycles. The summed E-state index contributed by atoms with van der Waals surface area (Å²) in [5, 5.41) is 6.32. The van der Waals surface area contributed by atoms with Crippen LogP contribution in [-0.4, -0.2) is 24.6 Å². The van der Waals surface area contributed by atoms with Gasteiger partial charge in [0, 0.05) is 25.6 Å². The first-order valence-electron chi connectivity index (χ1n) is 6.89. The van der Waals surface area contributed by atoms with Crippen LogP contribution in [0.25, 0.3) is 0 Å². The Morgan fingerprint density at radius 2 is 2.11 bits per heavy atom. The number of rotatable bonds is 6. The molecule has 1 atom stereocenters. The van der Waals surface area contributed by atoms with Gasteiger partial charge < -0.3 is 15.4 Å². The van der Waals surface area contributed by atoms with Gasteiger partial charge in [0.15, 0.2) is 0 Å². The second-order valence-electron chi connectivity index (χ2n) is 5.24. The molecule has 0 radical (unpaired) electrons. The van der Waals surface area contributed by atoms with Gasteiger partial charge in [0.25, 0.3) is 0 Å². The number of nitrogens with one attached hydrogen (secondary N) is 2. The molecule has 1 fully saturated rings. The van der Waals surface area contributed by atoms with Crippen molar-refractivity contribution < 1.29 is 9.53 Å². The molecular weight excluding hydrogens is 240 g/mol. The molecule has 1 heterocycles. The maximum absolute atomic E-state index is 11.1. The molecule has 0 spiro atoms. The molecule has 1 aliphatic rings. The Morgan fingerprint density at radius 1 is 1.37 bits per heavy atom. The zero-order valence-electron chi connectivity index (χ0n) is 11.6. The monoisotopic (exact) mass is 262 g/mol. The van der Waals surface area contributed by atoms with Crippen LogP contribution in [0.15, 0.2) is 24.3 Å². The van der Waals surface area contributed by atoms with Crippen LogP contribution in [0.1, 0.15) is 32.3 Å². The summed E-state index contributed by atoms with van der Waals surface area (Å²) in [6.07, 6.45) is 1.80. The lowest BCUT2D eigenvalue weighted by Crippen LogP contribution is -2.35. The molecule has 2 N–H and O–H groups in total. The molecule has 104 valence electrons. The molecule has 0 aliphatic carbocycles. The van der Waals surface area contributed by atoms with E-state index >= 15 is 0 Å². The molecule has 1 saturated heterocycles. The van der Waals surface area contributed by atoms with Gasteiger partial charge in [-0.1, -0.05) is 12.1 Å². The van der Waals surface area contributed by atoms with Crippen LogP contribution in [0.2, 0.25) is 0 Å². The highest BCUT2D eigenvalue weighted by molar-refractivity contribution is 5.78. The molecule has 0 aromatic heterocycles. The van der Waals surface area contributed by atoms with Crippen molar-refractivity contribution >= 4 is 5.91 Å². The SMILES string of the molecule is CC(C)Oc1ccc(CNCC2CCC(=O)N2)cc1. The van der Waals surface area contributed by atoms with Crippen molar-refractivity contribution in [1.82, 2.24) is 10.6 Å². The summed E-state index contributed by atoms with van der Waals surface area (Å²) in [7, 11) is 0. The molecule has 1 aromatic rings. The third-order valence-electron chi connectivity index (χ3n) is 3.10. The van der Waals surface area contributed by atoms with Crippen LogP contribution in [-0.2, 0) is 11.3 Å². The summed E-state index contributed by atoms with van der Waals surface area (Å²) in [6, 6.07) is 8.41. The Hall–Kier alpha value is -1.55. The van der Waals surface area contributed by atoms with Gasteiger partial charge in [-0.05, 0) is 38.0 Å². The predicted molar refractivity (Wildman–Crippen MR) is 75.1 cm³/mol. The first-order valence-corrected chi connectivity index (χ1v) is 6.89. The average Bonchev–Trinajstić information content (AvgIpc) is 2.77. The highest BCUT2D eigenvalue weighted by atomic mass is 16.5. The van der Waals surface area contributed by atoms with Crippen molar-refractivity contribution in [3.05, 3.63) is 29.8 Å². The first kappa shape index (κ1) is 13.9. The number of amides is 1. The summed E-state index contributed by atoms with van der Waals surface area (Å²) >= 11 is 0. The highest BCUT2D eigenvalue weighted by Gasteiger charge is 2.19. The zero-order chi connectivity index (χ0) is 13.7. The van der Waals surface area contributed by atoms with Crippen LogP contribution in [0.5, 0.6) is 5.75 Å². The van der Waals surface area contributed by atoms with E-state index in [0.717, 1.165) is 25.3 Å². The van der Waals surface area contributed by atoms with Crippen LogP contribution in [0.3, 0.4) is 0 Å². The Morgan fingerprint density at radius 3 is 2.68 bits per heavy atom. The number of carbonyl (C=O) groups is 1. The van der Waals surface area contributed by atoms with Crippen molar-refractivity contribution in [2.45, 2.75) is 45.4 Å². The van der Waals surface area contributed by atoms with Gasteiger partial charge in [0.05, 0.1) is 6.10 Å². The normalized spacial score (nSPS) is 18.7. The number of hydrogen-bond acceptors (Lipinski definition) is 3. The van der Waals surface area contributed by atoms with E-state index in [1.165, 1.54) is 5.56 Å². The minimum atomic E-state index is 0.169. The van der Waals surface area contributed by atoms with E-state index in [1.807, 2.05) is 26.0 Å². The van der Waals surface area contributed by atoms with Crippen LogP contribution in [0.4, 0.5) is 0 Å². The summed E-state index contributed by atoms with van der Waals surface area (Å²) < 4.78 is 5.60. The summed E-state index contributed by atoms with van der Waals surface area (Å²) in [5.74, 6) is 1.07. The molecule has 1 aromatic carbocycles. The lowest BCUT2D eigenvalue weighted by atomic mass is 10.2. The Labute approximate surface area is 114 Å². The van der Waals surface area contributed by atoms with Crippen molar-refractivity contribution in [2.24, 2.45) is 0 Å². The molecule has 4 heteroatoms. The van der Waals surface area contributed by atoms with Gasteiger partial charge in [-0.2, -0.15) is 0 Å². The quantitative estimate of drug-likeness (QED) is 0.822. The molecule has 19 heavy (non-hydrogen) atoms. The van der Waals surface area contributed by atoms with E-state index < -0.39 is 0 Å². The molecule has 1 aliphatic heterocycles. The van der Waals surface area contributed by atoms with E-state index in [-0.39, 0.29) is 18.1 Å². The number of benzene rings is 1. The van der Waals surface area contributed by atoms with E-state index in [9.17, 15) is 4.79 Å². The Bertz CT molecular complexity index is 415. The molecule has 2 rings (SSSR count). The number of carbonyl (C=O) groups excluding carboxylic acids is 1. The van der Waals surface area contributed by atoms with E-state index in [1.54, 1.807) is 0 Å². The standard InChI is InChI=1S/C15H22N2O2/c1-11(2)19-14-6-3-12(4-7-14)9-16-10-13-5-8-15(18)17-13/h3-4,6-7,11,13,16H,5,8-10H2,1-2H3,(H,17,18). The topological polar surface area (TPSA) is 50.4 Å². The van der Waals surface area contributed by atoms with Gasteiger partial charge in [-0.15, -0.1) is 0 Å². The summed E-state index contributed by atoms with van der Waals surface area (Å²) in [4.78, 5) is 11.1. The molecular formula is C15H22N2O2. The lowest BCUT2D eigenvalue weighted by molar-refractivity contribution is -0.119. The maximum Gasteiger partial charge on any atom is 0.220 e. The van der Waals surface area contributed by atoms with Gasteiger partial charge in [0.2, 0.25) is 5.91 Å². The second-order valence-corrected chi connectivity index (χ2v) is 5.24. The third kappa shape index (κ3) is 4.56. The van der Waals surface area contributed by atoms with E-state index in [2.05, 4.69) is 22.8 Å². The van der Waals surface area contributed by atoms with Gasteiger partial charge in [-0.25, -0.2) is 0 Å². The smallest absolute Gasteiger partial charge is 0.220 e. The van der Waals surface area contributed by atoms with Crippen LogP contribution >= 0.6 is 0 Å². The summed E-state index contributed by atoms with van der Waals surface area (Å²) in [6.45, 7) is 5.68. The fourth-order valence-electron chi connectivity index (χ4n) is 2.18. The first-order chi connectivity index (χ1) is 9.13. The van der Waals surface area contributed by atoms with Crippen LogP contribution in [0, 0.1) is 0 Å². The van der Waals surface area contributed by atoms with E-state index in [0.29, 0.717) is 6.42 Å². The second kappa shape index (κ2) is 6.57. The predicted octanol–water partition coefficient (Wildman–Crippen LogP) is 1.84. The third-order valence-corrected chi connectivity index (χ3v) is 3.10. The number of ether oxygens (including phenoxy) is 1. The van der Waals surface area contributed by atoms with Crippen molar-refractivity contribution in [3.63, 3.8) is 0 Å². The minimum Gasteiger partial charge on any atom is -0.491 e. The Kier molecular flexibility index (Phi) is 4.80. The molecule has 4 nitrogen and oxygen atoms in total. The molecule has 0 bridgehead atoms. The van der Waals surface area contributed by atoms with Gasteiger partial charge >= 0.3 is 0 Å². The minimum absolute atomic E-state index is 0.169. The largest absolute Gasteiger partial charge is 0.491 e. The lowest BCUT2D eigenvalue weighted by Gasteiger charge is -2.12. The fraction of sp³-hybridized carbons (Fsp3) is 0.533. The van der Waals surface area contributed by atoms with Crippen molar-refractivity contribution in [3.8, 4) is 5.75 Å². The number of hydrogen-bond donors (Lipinski definition) is 2. The van der Waals surface area contributed by atoms with Gasteiger partial charge in [0.1, 0.15) is 5.75 Å². The van der Waals surface area contributed by atoms with Crippen molar-refractivity contribution in [2.75, 3.05) is 6.54 Å². The maximum atomic E-state index is 11.1. The zero-order valence-corrected chi connectivity index (χ0v) is 11.6. The highest BCUT2D eigenvalue weighted by Crippen LogP contribution is 2.13. The average molecular weight is 262 g/mol. The Balaban J connectivity index is 1.72.